The molecule has 0 amide bonds. The van der Waals surface area contributed by atoms with Gasteiger partial charge in [-0.25, -0.2) is 0 Å². The van der Waals surface area contributed by atoms with E-state index in [-0.39, 0.29) is 0 Å². The molecule has 0 radical (unpaired) electrons. The fourth-order valence-electron chi connectivity index (χ4n) is 1.25. The molecular formula is C11H10BrN3. The highest BCUT2D eigenvalue weighted by Crippen LogP contribution is 2.23. The second kappa shape index (κ2) is 3.98. The van der Waals surface area contributed by atoms with Gasteiger partial charge in [-0.15, -0.1) is 10.2 Å². The Morgan fingerprint density at radius 3 is 2.53 bits per heavy atom. The quantitative estimate of drug-likeness (QED) is 0.861. The van der Waals surface area contributed by atoms with Gasteiger partial charge in [-0.05, 0) is 30.7 Å². The first kappa shape index (κ1) is 10.1. The number of nitrogens with two attached hydrogens (primary N) is 1. The molecular weight excluding hydrogens is 254 g/mol. The van der Waals surface area contributed by atoms with Crippen LogP contribution in [0.2, 0.25) is 0 Å². The zero-order valence-electron chi connectivity index (χ0n) is 8.24. The molecule has 76 valence electrons. The summed E-state index contributed by atoms with van der Waals surface area (Å²) in [5.74, 6) is 0.435. The molecule has 2 N–H and O–H groups in total. The summed E-state index contributed by atoms with van der Waals surface area (Å²) >= 11 is 3.48. The van der Waals surface area contributed by atoms with Crippen molar-refractivity contribution in [2.45, 2.75) is 6.92 Å². The lowest BCUT2D eigenvalue weighted by molar-refractivity contribution is 1.05. The molecule has 2 aromatic rings. The normalized spacial score (nSPS) is 10.3. The summed E-state index contributed by atoms with van der Waals surface area (Å²) in [6.45, 7) is 2.04. The Kier molecular flexibility index (Phi) is 2.68. The van der Waals surface area contributed by atoms with E-state index in [1.165, 1.54) is 5.56 Å². The molecule has 0 spiro atoms. The minimum atomic E-state index is 0.435. The summed E-state index contributed by atoms with van der Waals surface area (Å²) in [7, 11) is 0. The molecule has 3 nitrogen and oxygen atoms in total. The Bertz CT molecular complexity index is 480. The van der Waals surface area contributed by atoms with E-state index in [2.05, 4.69) is 26.1 Å². The van der Waals surface area contributed by atoms with Crippen molar-refractivity contribution in [1.29, 1.82) is 0 Å². The Morgan fingerprint density at radius 1 is 1.13 bits per heavy atom. The third kappa shape index (κ3) is 2.15. The summed E-state index contributed by atoms with van der Waals surface area (Å²) in [5.41, 5.74) is 8.52. The van der Waals surface area contributed by atoms with Gasteiger partial charge in [0.2, 0.25) is 0 Å². The Labute approximate surface area is 96.5 Å². The molecule has 0 bridgehead atoms. The van der Waals surface area contributed by atoms with Crippen LogP contribution in [0, 0.1) is 6.92 Å². The number of rotatable bonds is 1. The van der Waals surface area contributed by atoms with Gasteiger partial charge in [-0.3, -0.25) is 0 Å². The Hall–Kier alpha value is -1.42. The summed E-state index contributed by atoms with van der Waals surface area (Å²) in [5, 5.41) is 7.84. The fourth-order valence-corrected chi connectivity index (χ4v) is 1.63. The van der Waals surface area contributed by atoms with Crippen molar-refractivity contribution in [3.8, 4) is 11.3 Å². The third-order valence-electron chi connectivity index (χ3n) is 2.15. The lowest BCUT2D eigenvalue weighted by Gasteiger charge is -2.03. The lowest BCUT2D eigenvalue weighted by atomic mass is 10.1. The predicted molar refractivity (Wildman–Crippen MR) is 64.3 cm³/mol. The number of anilines is 1. The Balaban J connectivity index is 2.45. The van der Waals surface area contributed by atoms with Crippen LogP contribution in [-0.4, -0.2) is 10.2 Å². The van der Waals surface area contributed by atoms with Crippen LogP contribution < -0.4 is 5.73 Å². The van der Waals surface area contributed by atoms with E-state index >= 15 is 0 Å². The van der Waals surface area contributed by atoms with Crippen LogP contribution in [-0.2, 0) is 0 Å². The van der Waals surface area contributed by atoms with Crippen LogP contribution in [0.3, 0.4) is 0 Å². The van der Waals surface area contributed by atoms with Crippen molar-refractivity contribution in [1.82, 2.24) is 10.2 Å². The molecule has 0 aliphatic heterocycles. The van der Waals surface area contributed by atoms with Crippen LogP contribution >= 0.6 is 15.9 Å². The molecule has 15 heavy (non-hydrogen) atoms. The number of nitrogens with zero attached hydrogens (tertiary/aromatic N) is 2. The minimum absolute atomic E-state index is 0.435. The van der Waals surface area contributed by atoms with E-state index in [1.54, 1.807) is 6.07 Å². The van der Waals surface area contributed by atoms with E-state index in [1.807, 2.05) is 31.2 Å². The standard InChI is InChI=1S/C11H10BrN3/c1-7-2-3-8(6-9(7)12)10-4-5-11(13)15-14-10/h2-6H,1H3,(H2,13,15). The van der Waals surface area contributed by atoms with Crippen LogP contribution in [0.1, 0.15) is 5.56 Å². The van der Waals surface area contributed by atoms with Gasteiger partial charge in [0.05, 0.1) is 5.69 Å². The molecule has 2 rings (SSSR count). The second-order valence-corrected chi connectivity index (χ2v) is 4.16. The summed E-state index contributed by atoms with van der Waals surface area (Å²) in [6.07, 6.45) is 0. The highest BCUT2D eigenvalue weighted by molar-refractivity contribution is 9.10. The molecule has 1 heterocycles. The first-order valence-electron chi connectivity index (χ1n) is 4.52. The fraction of sp³-hybridized carbons (Fsp3) is 0.0909. The third-order valence-corrected chi connectivity index (χ3v) is 3.01. The minimum Gasteiger partial charge on any atom is -0.382 e. The maximum atomic E-state index is 5.48. The van der Waals surface area contributed by atoms with Gasteiger partial charge in [0, 0.05) is 10.0 Å². The predicted octanol–water partition coefficient (Wildman–Crippen LogP) is 2.80. The summed E-state index contributed by atoms with van der Waals surface area (Å²) in [6, 6.07) is 9.68. The monoisotopic (exact) mass is 263 g/mol. The highest BCUT2D eigenvalue weighted by atomic mass is 79.9. The summed E-state index contributed by atoms with van der Waals surface area (Å²) < 4.78 is 1.07. The van der Waals surface area contributed by atoms with Gasteiger partial charge in [-0.2, -0.15) is 0 Å². The molecule has 0 saturated heterocycles. The molecule has 1 aromatic heterocycles. The highest BCUT2D eigenvalue weighted by Gasteiger charge is 2.02. The zero-order chi connectivity index (χ0) is 10.8. The molecule has 0 saturated carbocycles. The molecule has 0 aliphatic carbocycles. The topological polar surface area (TPSA) is 51.8 Å². The number of halogens is 1. The van der Waals surface area contributed by atoms with E-state index < -0.39 is 0 Å². The van der Waals surface area contributed by atoms with E-state index in [0.29, 0.717) is 5.82 Å². The number of benzene rings is 1. The largest absolute Gasteiger partial charge is 0.382 e. The van der Waals surface area contributed by atoms with E-state index in [9.17, 15) is 0 Å². The van der Waals surface area contributed by atoms with Crippen LogP contribution in [0.25, 0.3) is 11.3 Å². The average Bonchev–Trinajstić information content (AvgIpc) is 2.23. The SMILES string of the molecule is Cc1ccc(-c2ccc(N)nn2)cc1Br. The van der Waals surface area contributed by atoms with E-state index in [4.69, 9.17) is 5.73 Å². The first-order chi connectivity index (χ1) is 7.16. The van der Waals surface area contributed by atoms with Crippen molar-refractivity contribution in [3.63, 3.8) is 0 Å². The van der Waals surface area contributed by atoms with Crippen LogP contribution in [0.4, 0.5) is 5.82 Å². The number of hydrogen-bond donors (Lipinski definition) is 1. The zero-order valence-corrected chi connectivity index (χ0v) is 9.82. The van der Waals surface area contributed by atoms with Crippen molar-refractivity contribution in [3.05, 3.63) is 40.4 Å². The average molecular weight is 264 g/mol. The molecule has 0 fully saturated rings. The molecule has 0 atom stereocenters. The van der Waals surface area contributed by atoms with Crippen LogP contribution in [0.5, 0.6) is 0 Å². The second-order valence-electron chi connectivity index (χ2n) is 3.31. The van der Waals surface area contributed by atoms with E-state index in [0.717, 1.165) is 15.7 Å². The van der Waals surface area contributed by atoms with Crippen molar-refractivity contribution >= 4 is 21.7 Å². The lowest BCUT2D eigenvalue weighted by Crippen LogP contribution is -1.93. The number of aryl methyl sites for hydroxylation is 1. The van der Waals surface area contributed by atoms with Crippen molar-refractivity contribution in [2.75, 3.05) is 5.73 Å². The van der Waals surface area contributed by atoms with Crippen molar-refractivity contribution < 1.29 is 0 Å². The number of aromatic nitrogens is 2. The van der Waals surface area contributed by atoms with Gasteiger partial charge in [-0.1, -0.05) is 28.1 Å². The number of hydrogen-bond acceptors (Lipinski definition) is 3. The first-order valence-corrected chi connectivity index (χ1v) is 5.32. The van der Waals surface area contributed by atoms with Gasteiger partial charge in [0.25, 0.3) is 0 Å². The van der Waals surface area contributed by atoms with Gasteiger partial charge < -0.3 is 5.73 Å². The van der Waals surface area contributed by atoms with Crippen LogP contribution in [0.15, 0.2) is 34.8 Å². The maximum absolute atomic E-state index is 5.48. The Morgan fingerprint density at radius 2 is 1.93 bits per heavy atom. The molecule has 0 unspecified atom stereocenters. The maximum Gasteiger partial charge on any atom is 0.146 e. The van der Waals surface area contributed by atoms with Crippen molar-refractivity contribution in [2.24, 2.45) is 0 Å². The molecule has 4 heteroatoms. The van der Waals surface area contributed by atoms with Gasteiger partial charge in [0.15, 0.2) is 0 Å². The number of nitrogen functional groups attached to an aromatic ring is 1. The van der Waals surface area contributed by atoms with Gasteiger partial charge >= 0.3 is 0 Å². The molecule has 0 aliphatic rings. The smallest absolute Gasteiger partial charge is 0.146 e. The summed E-state index contributed by atoms with van der Waals surface area (Å²) in [4.78, 5) is 0. The van der Waals surface area contributed by atoms with Gasteiger partial charge in [0.1, 0.15) is 5.82 Å². The molecule has 1 aromatic carbocycles.